The molecular formula is C6H8O2S. The molecule has 0 aromatic carbocycles. The molecule has 0 heterocycles. The van der Waals surface area contributed by atoms with Gasteiger partial charge in [0.1, 0.15) is 0 Å². The van der Waals surface area contributed by atoms with E-state index >= 15 is 0 Å². The van der Waals surface area contributed by atoms with Gasteiger partial charge in [-0.25, -0.2) is 8.42 Å². The Morgan fingerprint density at radius 1 is 1.67 bits per heavy atom. The van der Waals surface area contributed by atoms with Crippen LogP contribution in [-0.2, 0) is 9.84 Å². The van der Waals surface area contributed by atoms with Gasteiger partial charge in [0.2, 0.25) is 9.84 Å². The van der Waals surface area contributed by atoms with Crippen molar-refractivity contribution in [1.29, 1.82) is 0 Å². The van der Waals surface area contributed by atoms with Crippen LogP contribution in [-0.4, -0.2) is 14.2 Å². The molecule has 0 aliphatic rings. The smallest absolute Gasteiger partial charge is 0.215 e. The van der Waals surface area contributed by atoms with Gasteiger partial charge in [0.05, 0.1) is 5.75 Å². The first kappa shape index (κ1) is 8.25. The summed E-state index contributed by atoms with van der Waals surface area (Å²) in [5, 5.41) is 2.06. The molecule has 0 rings (SSSR count). The summed E-state index contributed by atoms with van der Waals surface area (Å²) >= 11 is 0. The summed E-state index contributed by atoms with van der Waals surface area (Å²) in [4.78, 5) is 0. The predicted octanol–water partition coefficient (Wildman–Crippen LogP) is 0.568. The molecule has 0 atom stereocenters. The summed E-state index contributed by atoms with van der Waals surface area (Å²) in [6, 6.07) is 0. The highest BCUT2D eigenvalue weighted by molar-refractivity contribution is 7.96. The summed E-state index contributed by atoms with van der Waals surface area (Å²) in [6.07, 6.45) is 1.26. The van der Waals surface area contributed by atoms with E-state index in [-0.39, 0.29) is 5.75 Å². The van der Waals surface area contributed by atoms with Crippen molar-refractivity contribution in [2.45, 2.75) is 6.92 Å². The second kappa shape index (κ2) is 3.31. The first-order chi connectivity index (χ1) is 4.12. The van der Waals surface area contributed by atoms with E-state index in [1.807, 2.05) is 0 Å². The summed E-state index contributed by atoms with van der Waals surface area (Å²) < 4.78 is 21.1. The zero-order valence-corrected chi connectivity index (χ0v) is 6.03. The predicted molar refractivity (Wildman–Crippen MR) is 37.4 cm³/mol. The normalized spacial score (nSPS) is 9.44. The summed E-state index contributed by atoms with van der Waals surface area (Å²) in [7, 11) is -3.11. The Kier molecular flexibility index (Phi) is 3.03. The molecule has 0 fully saturated rings. The molecule has 50 valence electrons. The maximum absolute atomic E-state index is 10.5. The van der Waals surface area contributed by atoms with E-state index in [1.54, 1.807) is 6.92 Å². The lowest BCUT2D eigenvalue weighted by Crippen LogP contribution is -1.97. The fraction of sp³-hybridized carbons (Fsp3) is 0.333. The van der Waals surface area contributed by atoms with Crippen molar-refractivity contribution >= 4 is 9.84 Å². The highest BCUT2D eigenvalue weighted by Gasteiger charge is 1.97. The van der Waals surface area contributed by atoms with E-state index < -0.39 is 9.84 Å². The Balaban J connectivity index is 4.39. The van der Waals surface area contributed by atoms with Crippen molar-refractivity contribution in [2.75, 3.05) is 5.75 Å². The third-order valence-electron chi connectivity index (χ3n) is 0.697. The fourth-order valence-corrected chi connectivity index (χ4v) is 0.611. The number of hydrogen-bond acceptors (Lipinski definition) is 2. The molecule has 0 bridgehead atoms. The minimum atomic E-state index is -3.11. The Hall–Kier alpha value is -0.750. The van der Waals surface area contributed by atoms with Crippen LogP contribution >= 0.6 is 0 Å². The van der Waals surface area contributed by atoms with E-state index in [2.05, 4.69) is 17.8 Å². The molecule has 0 amide bonds. The zero-order chi connectivity index (χ0) is 7.33. The quantitative estimate of drug-likeness (QED) is 0.398. The van der Waals surface area contributed by atoms with E-state index in [1.165, 1.54) is 6.08 Å². The molecule has 0 N–H and O–H groups in total. The zero-order valence-electron chi connectivity index (χ0n) is 5.22. The van der Waals surface area contributed by atoms with Crippen LogP contribution in [0, 0.1) is 11.2 Å². The minimum absolute atomic E-state index is 0.0633. The largest absolute Gasteiger partial charge is 0.216 e. The average Bonchev–Trinajstić information content (AvgIpc) is 1.84. The fourth-order valence-electron chi connectivity index (χ4n) is 0.204. The van der Waals surface area contributed by atoms with E-state index in [9.17, 15) is 8.42 Å². The topological polar surface area (TPSA) is 34.1 Å². The van der Waals surface area contributed by atoms with E-state index in [4.69, 9.17) is 0 Å². The van der Waals surface area contributed by atoms with Gasteiger partial charge in [-0.05, 0) is 6.08 Å². The van der Waals surface area contributed by atoms with Crippen molar-refractivity contribution < 1.29 is 8.42 Å². The molecule has 2 nitrogen and oxygen atoms in total. The maximum atomic E-state index is 10.5. The molecular weight excluding hydrogens is 136 g/mol. The van der Waals surface area contributed by atoms with Crippen molar-refractivity contribution in [3.05, 3.63) is 12.7 Å². The molecule has 0 saturated heterocycles. The molecule has 0 aromatic heterocycles. The van der Waals surface area contributed by atoms with Crippen molar-refractivity contribution in [3.63, 3.8) is 0 Å². The van der Waals surface area contributed by atoms with Crippen LogP contribution in [0.4, 0.5) is 0 Å². The number of rotatable bonds is 1. The van der Waals surface area contributed by atoms with Crippen molar-refractivity contribution in [1.82, 2.24) is 0 Å². The monoisotopic (exact) mass is 144 g/mol. The molecule has 9 heavy (non-hydrogen) atoms. The van der Waals surface area contributed by atoms with Gasteiger partial charge in [-0.2, -0.15) is 0 Å². The number of sulfone groups is 1. The molecule has 0 unspecified atom stereocenters. The van der Waals surface area contributed by atoms with Gasteiger partial charge in [-0.15, -0.1) is 0 Å². The van der Waals surface area contributed by atoms with Gasteiger partial charge >= 0.3 is 0 Å². The summed E-state index contributed by atoms with van der Waals surface area (Å²) in [5.74, 6) is 2.33. The Bertz CT molecular complexity index is 238. The summed E-state index contributed by atoms with van der Waals surface area (Å²) in [5.41, 5.74) is 0. The van der Waals surface area contributed by atoms with Crippen LogP contribution in [0.3, 0.4) is 0 Å². The van der Waals surface area contributed by atoms with E-state index in [0.717, 1.165) is 0 Å². The molecule has 3 heteroatoms. The third-order valence-corrected chi connectivity index (χ3v) is 1.89. The van der Waals surface area contributed by atoms with Crippen LogP contribution in [0.2, 0.25) is 0 Å². The first-order valence-corrected chi connectivity index (χ1v) is 4.13. The van der Waals surface area contributed by atoms with Crippen molar-refractivity contribution in [3.8, 4) is 11.2 Å². The maximum Gasteiger partial charge on any atom is 0.216 e. The van der Waals surface area contributed by atoms with Crippen LogP contribution in [0.1, 0.15) is 6.92 Å². The SMILES string of the molecule is C=CC#CS(=O)(=O)CC. The Morgan fingerprint density at radius 2 is 2.22 bits per heavy atom. The molecule has 0 radical (unpaired) electrons. The second-order valence-electron chi connectivity index (χ2n) is 1.35. The molecule has 0 saturated carbocycles. The highest BCUT2D eigenvalue weighted by Crippen LogP contribution is 1.83. The van der Waals surface area contributed by atoms with Gasteiger partial charge in [0.15, 0.2) is 0 Å². The summed E-state index contributed by atoms with van der Waals surface area (Å²) in [6.45, 7) is 4.81. The highest BCUT2D eigenvalue weighted by atomic mass is 32.2. The second-order valence-corrected chi connectivity index (χ2v) is 3.36. The lowest BCUT2D eigenvalue weighted by Gasteiger charge is -1.82. The van der Waals surface area contributed by atoms with Crippen LogP contribution in [0.15, 0.2) is 12.7 Å². The molecule has 0 spiro atoms. The molecule has 0 aliphatic heterocycles. The lowest BCUT2D eigenvalue weighted by atomic mass is 10.7. The molecule has 0 aliphatic carbocycles. The minimum Gasteiger partial charge on any atom is -0.215 e. The molecule has 0 aromatic rings. The van der Waals surface area contributed by atoms with E-state index in [0.29, 0.717) is 0 Å². The number of hydrogen-bond donors (Lipinski definition) is 0. The van der Waals surface area contributed by atoms with Crippen LogP contribution in [0.5, 0.6) is 0 Å². The van der Waals surface area contributed by atoms with Gasteiger partial charge in [0.25, 0.3) is 0 Å². The van der Waals surface area contributed by atoms with Gasteiger partial charge < -0.3 is 0 Å². The first-order valence-electron chi connectivity index (χ1n) is 2.48. The standard InChI is InChI=1S/C6H8O2S/c1-3-5-6-9(7,8)4-2/h3H,1,4H2,2H3. The van der Waals surface area contributed by atoms with Gasteiger partial charge in [-0.1, -0.05) is 19.4 Å². The van der Waals surface area contributed by atoms with Gasteiger partial charge in [0, 0.05) is 5.25 Å². The third kappa shape index (κ3) is 3.80. The Morgan fingerprint density at radius 3 is 2.56 bits per heavy atom. The van der Waals surface area contributed by atoms with Crippen LogP contribution < -0.4 is 0 Å². The Labute approximate surface area is 55.5 Å². The van der Waals surface area contributed by atoms with Gasteiger partial charge in [-0.3, -0.25) is 0 Å². The van der Waals surface area contributed by atoms with Crippen molar-refractivity contribution in [2.24, 2.45) is 0 Å². The number of allylic oxidation sites excluding steroid dienone is 1. The lowest BCUT2D eigenvalue weighted by molar-refractivity contribution is 0.607. The average molecular weight is 144 g/mol. The van der Waals surface area contributed by atoms with Crippen LogP contribution in [0.25, 0.3) is 0 Å².